The Hall–Kier alpha value is -1.70. The minimum absolute atomic E-state index is 0.177. The van der Waals surface area contributed by atoms with Crippen molar-refractivity contribution in [1.82, 2.24) is 19.5 Å². The number of rotatable bonds is 7. The van der Waals surface area contributed by atoms with Gasteiger partial charge in [-0.2, -0.15) is 9.97 Å². The van der Waals surface area contributed by atoms with Crippen molar-refractivity contribution >= 4 is 30.3 Å². The molecule has 3 rings (SSSR count). The topological polar surface area (TPSA) is 131 Å². The van der Waals surface area contributed by atoms with Gasteiger partial charge in [-0.05, 0) is 19.5 Å². The van der Waals surface area contributed by atoms with Gasteiger partial charge in [0.1, 0.15) is 0 Å². The highest BCUT2D eigenvalue weighted by Gasteiger charge is 2.23. The fraction of sp³-hybridized carbons (Fsp3) is 0.583. The van der Waals surface area contributed by atoms with E-state index in [4.69, 9.17) is 10.5 Å². The van der Waals surface area contributed by atoms with Gasteiger partial charge in [-0.25, -0.2) is 4.98 Å². The standard InChI is InChI=1S/C12H19N6O3P/c1-22(19,20)7-21-5-4-18-6-14-9-10(15-8-2-3-8)16-12(13)17-11(9)18/h6,8H,2-5,7H2,1H3,(H,19,20)(H3,13,15,16,17)/p-1. The molecule has 10 heteroatoms. The number of ether oxygens (including phenoxy) is 1. The second-order valence-electron chi connectivity index (χ2n) is 5.51. The lowest BCUT2D eigenvalue weighted by atomic mass is 10.4. The molecule has 2 aromatic rings. The maximum Gasteiger partial charge on any atom is 0.224 e. The van der Waals surface area contributed by atoms with E-state index in [1.54, 1.807) is 10.9 Å². The second kappa shape index (κ2) is 5.83. The van der Waals surface area contributed by atoms with Gasteiger partial charge in [0, 0.05) is 20.0 Å². The molecule has 22 heavy (non-hydrogen) atoms. The van der Waals surface area contributed by atoms with Crippen LogP contribution in [0.4, 0.5) is 11.8 Å². The van der Waals surface area contributed by atoms with Crippen molar-refractivity contribution in [1.29, 1.82) is 0 Å². The number of nitrogens with two attached hydrogens (primary N) is 1. The number of aromatic nitrogens is 4. The Morgan fingerprint density at radius 3 is 3.00 bits per heavy atom. The number of imidazole rings is 1. The minimum atomic E-state index is -3.40. The highest BCUT2D eigenvalue weighted by molar-refractivity contribution is 7.55. The first kappa shape index (κ1) is 15.2. The smallest absolute Gasteiger partial charge is 0.224 e. The van der Waals surface area contributed by atoms with Crippen LogP contribution in [0.15, 0.2) is 6.33 Å². The summed E-state index contributed by atoms with van der Waals surface area (Å²) in [5, 5.41) is 3.28. The lowest BCUT2D eigenvalue weighted by Gasteiger charge is -2.17. The number of nitrogens with one attached hydrogen (secondary N) is 1. The highest BCUT2D eigenvalue weighted by atomic mass is 31.2. The zero-order valence-electron chi connectivity index (χ0n) is 12.2. The van der Waals surface area contributed by atoms with Gasteiger partial charge < -0.3 is 29.8 Å². The van der Waals surface area contributed by atoms with E-state index in [0.717, 1.165) is 19.5 Å². The molecule has 9 nitrogen and oxygen atoms in total. The van der Waals surface area contributed by atoms with Gasteiger partial charge in [-0.15, -0.1) is 0 Å². The Morgan fingerprint density at radius 2 is 2.32 bits per heavy atom. The first-order chi connectivity index (χ1) is 10.4. The molecule has 1 aliphatic rings. The zero-order valence-corrected chi connectivity index (χ0v) is 13.1. The van der Waals surface area contributed by atoms with E-state index >= 15 is 0 Å². The van der Waals surface area contributed by atoms with Crippen molar-refractivity contribution < 1.29 is 14.2 Å². The average molecular weight is 325 g/mol. The van der Waals surface area contributed by atoms with E-state index in [2.05, 4.69) is 20.3 Å². The molecular formula is C12H18N6O3P-. The van der Waals surface area contributed by atoms with Gasteiger partial charge in [0.05, 0.1) is 19.3 Å². The number of hydrogen-bond donors (Lipinski definition) is 2. The van der Waals surface area contributed by atoms with Crippen molar-refractivity contribution in [2.45, 2.75) is 25.4 Å². The zero-order chi connectivity index (χ0) is 15.7. The second-order valence-corrected chi connectivity index (χ2v) is 7.80. The number of fused-ring (bicyclic) bond motifs is 1. The van der Waals surface area contributed by atoms with Crippen LogP contribution in [0.25, 0.3) is 11.2 Å². The third kappa shape index (κ3) is 3.73. The summed E-state index contributed by atoms with van der Waals surface area (Å²) < 4.78 is 18.0. The summed E-state index contributed by atoms with van der Waals surface area (Å²) >= 11 is 0. The van der Waals surface area contributed by atoms with Gasteiger partial charge in [0.15, 0.2) is 17.0 Å². The largest absolute Gasteiger partial charge is 0.798 e. The molecule has 1 saturated carbocycles. The third-order valence-corrected chi connectivity index (χ3v) is 3.85. The van der Waals surface area contributed by atoms with Gasteiger partial charge >= 0.3 is 0 Å². The molecule has 1 fully saturated rings. The Balaban J connectivity index is 1.73. The minimum Gasteiger partial charge on any atom is -0.798 e. The Kier molecular flexibility index (Phi) is 4.03. The van der Waals surface area contributed by atoms with Crippen LogP contribution in [-0.2, 0) is 15.8 Å². The van der Waals surface area contributed by atoms with Gasteiger partial charge in [0.2, 0.25) is 5.95 Å². The van der Waals surface area contributed by atoms with Crippen LogP contribution in [0.2, 0.25) is 0 Å². The first-order valence-corrected chi connectivity index (χ1v) is 9.28. The fourth-order valence-corrected chi connectivity index (χ4v) is 2.50. The molecular weight excluding hydrogens is 307 g/mol. The molecule has 1 unspecified atom stereocenters. The molecule has 0 radical (unpaired) electrons. The molecule has 1 aliphatic carbocycles. The molecule has 0 bridgehead atoms. The number of hydrogen-bond acceptors (Lipinski definition) is 8. The average Bonchev–Trinajstić information content (AvgIpc) is 3.13. The van der Waals surface area contributed by atoms with Crippen LogP contribution in [0.5, 0.6) is 0 Å². The Labute approximate surface area is 127 Å². The molecule has 1 atom stereocenters. The maximum absolute atomic E-state index is 11.0. The maximum atomic E-state index is 11.0. The van der Waals surface area contributed by atoms with Crippen LogP contribution in [0.3, 0.4) is 0 Å². The lowest BCUT2D eigenvalue weighted by molar-refractivity contribution is -0.178. The van der Waals surface area contributed by atoms with Gasteiger partial charge in [0.25, 0.3) is 0 Å². The SMILES string of the molecule is CP(=O)([O-])COCCn1cnc2c(NC3CC3)nc(N)nc21. The summed E-state index contributed by atoms with van der Waals surface area (Å²) in [6, 6.07) is 0.432. The van der Waals surface area contributed by atoms with E-state index in [9.17, 15) is 9.46 Å². The summed E-state index contributed by atoms with van der Waals surface area (Å²) in [4.78, 5) is 23.8. The van der Waals surface area contributed by atoms with E-state index < -0.39 is 7.37 Å². The quantitative estimate of drug-likeness (QED) is 0.546. The molecule has 3 N–H and O–H groups in total. The summed E-state index contributed by atoms with van der Waals surface area (Å²) in [6.07, 6.45) is 3.59. The van der Waals surface area contributed by atoms with Gasteiger partial charge in [-0.3, -0.25) is 0 Å². The third-order valence-electron chi connectivity index (χ3n) is 3.20. The number of nitrogen functional groups attached to an aromatic ring is 1. The van der Waals surface area contributed by atoms with E-state index in [-0.39, 0.29) is 18.9 Å². The van der Waals surface area contributed by atoms with E-state index in [1.807, 2.05) is 0 Å². The van der Waals surface area contributed by atoms with E-state index in [1.165, 1.54) is 0 Å². The highest BCUT2D eigenvalue weighted by Crippen LogP contribution is 2.29. The van der Waals surface area contributed by atoms with Crippen LogP contribution < -0.4 is 15.9 Å². The van der Waals surface area contributed by atoms with Crippen molar-refractivity contribution in [3.05, 3.63) is 6.33 Å². The molecule has 0 spiro atoms. The van der Waals surface area contributed by atoms with E-state index in [0.29, 0.717) is 29.6 Å². The molecule has 0 saturated heterocycles. The predicted octanol–water partition coefficient (Wildman–Crippen LogP) is 0.225. The summed E-state index contributed by atoms with van der Waals surface area (Å²) in [7, 11) is -3.40. The molecule has 2 heterocycles. The van der Waals surface area contributed by atoms with Crippen LogP contribution >= 0.6 is 7.37 Å². The van der Waals surface area contributed by atoms with Crippen molar-refractivity contribution in [2.75, 3.05) is 30.7 Å². The van der Waals surface area contributed by atoms with Crippen molar-refractivity contribution in [2.24, 2.45) is 0 Å². The van der Waals surface area contributed by atoms with Crippen LogP contribution in [-0.4, -0.2) is 45.2 Å². The summed E-state index contributed by atoms with van der Waals surface area (Å²) in [5.41, 5.74) is 7.02. The Bertz CT molecular complexity index is 723. The molecule has 120 valence electrons. The number of nitrogens with zero attached hydrogens (tertiary/aromatic N) is 4. The lowest BCUT2D eigenvalue weighted by Crippen LogP contribution is -2.11. The molecule has 0 aromatic carbocycles. The Morgan fingerprint density at radius 1 is 1.55 bits per heavy atom. The van der Waals surface area contributed by atoms with Crippen LogP contribution in [0, 0.1) is 0 Å². The van der Waals surface area contributed by atoms with Crippen molar-refractivity contribution in [3.63, 3.8) is 0 Å². The number of anilines is 2. The summed E-state index contributed by atoms with van der Waals surface area (Å²) in [6.45, 7) is 1.85. The predicted molar refractivity (Wildman–Crippen MR) is 80.7 cm³/mol. The normalized spacial score (nSPS) is 17.5. The molecule has 0 aliphatic heterocycles. The first-order valence-electron chi connectivity index (χ1n) is 7.02. The molecule has 0 amide bonds. The molecule has 2 aromatic heterocycles. The van der Waals surface area contributed by atoms with Gasteiger partial charge in [-0.1, -0.05) is 0 Å². The summed E-state index contributed by atoms with van der Waals surface area (Å²) in [5.74, 6) is 0.818. The monoisotopic (exact) mass is 325 g/mol. The van der Waals surface area contributed by atoms with Crippen LogP contribution in [0.1, 0.15) is 12.8 Å². The fourth-order valence-electron chi connectivity index (χ4n) is 2.04. The van der Waals surface area contributed by atoms with Crippen molar-refractivity contribution in [3.8, 4) is 0 Å².